The number of benzene rings is 1. The molecule has 1 radical (unpaired) electrons. The van der Waals surface area contributed by atoms with E-state index in [1.165, 1.54) is 0 Å². The number of hydrogen-bond donors (Lipinski definition) is 0. The van der Waals surface area contributed by atoms with Crippen molar-refractivity contribution < 1.29 is 32.7 Å². The molecule has 1 aromatic carbocycles. The molecule has 1 heterocycles. The van der Waals surface area contributed by atoms with Crippen LogP contribution < -0.4 is 0 Å². The summed E-state index contributed by atoms with van der Waals surface area (Å²) in [5.41, 5.74) is 0. The molecule has 1 aliphatic rings. The minimum atomic E-state index is 0. The Hall–Kier alpha value is -1.05. The Morgan fingerprint density at radius 3 is 1.16 bits per heavy atom. The molecule has 0 bridgehead atoms. The Balaban J connectivity index is -0.0000000675. The first kappa shape index (κ1) is 35.1. The Labute approximate surface area is 183 Å². The molecule has 0 amide bonds. The fourth-order valence-corrected chi connectivity index (χ4v) is 1.05. The van der Waals surface area contributed by atoms with Gasteiger partial charge in [-0.3, -0.25) is 4.98 Å². The molecule has 2 aromatic rings. The number of hydrogen-bond acceptors (Lipinski definition) is 1. The second-order valence-corrected chi connectivity index (χ2v) is 3.19. The maximum Gasteiger partial charge on any atom is 0.0267 e. The van der Waals surface area contributed by atoms with Crippen molar-refractivity contribution in [1.29, 1.82) is 0 Å². The third-order valence-electron chi connectivity index (χ3n) is 1.83. The number of aromatic nitrogens is 1. The second kappa shape index (κ2) is 43.5. The van der Waals surface area contributed by atoms with E-state index in [1.807, 2.05) is 90.1 Å². The molecule has 139 valence electrons. The summed E-state index contributed by atoms with van der Waals surface area (Å²) in [4.78, 5) is 3.78. The van der Waals surface area contributed by atoms with Gasteiger partial charge in [-0.15, -0.1) is 0 Å². The van der Waals surface area contributed by atoms with Crippen molar-refractivity contribution in [3.05, 3.63) is 91.3 Å². The first-order chi connectivity index (χ1) is 11.5. The molecule has 1 aromatic heterocycles. The van der Waals surface area contributed by atoms with Crippen molar-refractivity contribution in [2.24, 2.45) is 0 Å². The van der Waals surface area contributed by atoms with Crippen LogP contribution in [0.2, 0.25) is 0 Å². The van der Waals surface area contributed by atoms with Crippen LogP contribution in [0, 0.1) is 6.07 Å². The Morgan fingerprint density at radius 2 is 1.04 bits per heavy atom. The van der Waals surface area contributed by atoms with E-state index in [9.17, 15) is 0 Å². The summed E-state index contributed by atoms with van der Waals surface area (Å²) in [5, 5.41) is 0. The average Bonchev–Trinajstić information content (AvgIpc) is 3.30. The molecule has 0 fully saturated rings. The largest absolute Gasteiger partial charge is 0.265 e. The average molecular weight is 417 g/mol. The molecule has 0 N–H and O–H groups in total. The Kier molecular flexibility index (Phi) is 61.1. The van der Waals surface area contributed by atoms with Gasteiger partial charge < -0.3 is 0 Å². The molecule has 1 nitrogen and oxygen atoms in total. The van der Waals surface area contributed by atoms with Crippen molar-refractivity contribution >= 4 is 0 Å². The van der Waals surface area contributed by atoms with Gasteiger partial charge in [0, 0.05) is 45.1 Å². The minimum absolute atomic E-state index is 0. The summed E-state index contributed by atoms with van der Waals surface area (Å²) >= 11 is 0. The molecule has 0 saturated carbocycles. The summed E-state index contributed by atoms with van der Waals surface area (Å²) < 4.78 is 0. The molecule has 0 unspecified atom stereocenters. The topological polar surface area (TPSA) is 12.9 Å². The van der Waals surface area contributed by atoms with E-state index in [2.05, 4.69) is 35.4 Å². The molecule has 3 rings (SSSR count). The summed E-state index contributed by atoms with van der Waals surface area (Å²) in [5.74, 6) is 0. The molecule has 0 atom stereocenters. The van der Waals surface area contributed by atoms with Crippen LogP contribution >= 0.6 is 0 Å². The predicted molar refractivity (Wildman–Crippen MR) is 113 cm³/mol. The van der Waals surface area contributed by atoms with Gasteiger partial charge >= 0.3 is 0 Å². The molecule has 1 aliphatic carbocycles. The second-order valence-electron chi connectivity index (χ2n) is 3.19. The van der Waals surface area contributed by atoms with Crippen LogP contribution in [-0.4, -0.2) is 4.98 Å². The molecule has 2 heteroatoms. The quantitative estimate of drug-likeness (QED) is 0.399. The first-order valence-electron chi connectivity index (χ1n) is 8.58. The zero-order valence-corrected chi connectivity index (χ0v) is 19.2. The van der Waals surface area contributed by atoms with Crippen LogP contribution in [0.1, 0.15) is 55.4 Å². The third kappa shape index (κ3) is 39.6. The van der Waals surface area contributed by atoms with Gasteiger partial charge in [0.25, 0.3) is 0 Å². The van der Waals surface area contributed by atoms with Crippen LogP contribution in [0.4, 0.5) is 0 Å². The predicted octanol–water partition coefficient (Wildman–Crippen LogP) is 7.78. The van der Waals surface area contributed by atoms with Crippen LogP contribution in [0.3, 0.4) is 0 Å². The molecular formula is C23H38NY-. The van der Waals surface area contributed by atoms with E-state index in [-0.39, 0.29) is 40.1 Å². The van der Waals surface area contributed by atoms with Crippen LogP contribution in [0.5, 0.6) is 0 Å². The Bertz CT molecular complexity index is 316. The van der Waals surface area contributed by atoms with Gasteiger partial charge in [0.2, 0.25) is 0 Å². The van der Waals surface area contributed by atoms with Crippen molar-refractivity contribution in [2.45, 2.75) is 55.4 Å². The van der Waals surface area contributed by atoms with Gasteiger partial charge in [-0.25, -0.2) is 0 Å². The summed E-state index contributed by atoms with van der Waals surface area (Å²) in [6, 6.07) is 18.2. The van der Waals surface area contributed by atoms with Crippen molar-refractivity contribution in [2.75, 3.05) is 0 Å². The molecule has 0 saturated heterocycles. The standard InChI is InChI=1S/C6H5.C5H5N.C5H6.3C2H6.CH4.Y/c2*1-2-4-6-5-3-1;1-2-4-5-3-1;3*1-2;;/h2*1-5H;1-4H,5H2;3*1-2H3;1H4;/q-1;;;;;;;. The van der Waals surface area contributed by atoms with E-state index in [4.69, 9.17) is 0 Å². The van der Waals surface area contributed by atoms with Gasteiger partial charge in [0.1, 0.15) is 0 Å². The molecule has 0 spiro atoms. The number of rotatable bonds is 0. The fourth-order valence-electron chi connectivity index (χ4n) is 1.05. The van der Waals surface area contributed by atoms with E-state index in [1.54, 1.807) is 12.4 Å². The molecular weight excluding hydrogens is 379 g/mol. The Morgan fingerprint density at radius 1 is 0.640 bits per heavy atom. The fraction of sp³-hybridized carbons (Fsp3) is 0.348. The van der Waals surface area contributed by atoms with Gasteiger partial charge in [-0.05, 0) is 18.6 Å². The third-order valence-corrected chi connectivity index (χ3v) is 1.83. The van der Waals surface area contributed by atoms with E-state index >= 15 is 0 Å². The molecule has 25 heavy (non-hydrogen) atoms. The van der Waals surface area contributed by atoms with Crippen LogP contribution in [-0.2, 0) is 32.7 Å². The van der Waals surface area contributed by atoms with Gasteiger partial charge in [-0.2, -0.15) is 36.4 Å². The van der Waals surface area contributed by atoms with Gasteiger partial charge in [0.05, 0.1) is 0 Å². The number of nitrogens with zero attached hydrogens (tertiary/aromatic N) is 1. The van der Waals surface area contributed by atoms with Crippen molar-refractivity contribution in [3.63, 3.8) is 0 Å². The number of pyridine rings is 1. The van der Waals surface area contributed by atoms with Crippen LogP contribution in [0.15, 0.2) is 85.2 Å². The number of allylic oxidation sites excluding steroid dienone is 4. The zero-order valence-electron chi connectivity index (χ0n) is 16.3. The van der Waals surface area contributed by atoms with E-state index in [0.29, 0.717) is 0 Å². The monoisotopic (exact) mass is 417 g/mol. The summed E-state index contributed by atoms with van der Waals surface area (Å²) in [6.45, 7) is 12.0. The van der Waals surface area contributed by atoms with Crippen molar-refractivity contribution in [1.82, 2.24) is 4.98 Å². The van der Waals surface area contributed by atoms with E-state index < -0.39 is 0 Å². The van der Waals surface area contributed by atoms with Crippen LogP contribution in [0.25, 0.3) is 0 Å². The molecule has 0 aliphatic heterocycles. The normalized spacial score (nSPS) is 8.08. The van der Waals surface area contributed by atoms with E-state index in [0.717, 1.165) is 6.42 Å². The minimum Gasteiger partial charge on any atom is -0.265 e. The van der Waals surface area contributed by atoms with Gasteiger partial charge in [-0.1, -0.05) is 79.3 Å². The smallest absolute Gasteiger partial charge is 0.0267 e. The van der Waals surface area contributed by atoms with Crippen molar-refractivity contribution in [3.8, 4) is 0 Å². The summed E-state index contributed by atoms with van der Waals surface area (Å²) in [7, 11) is 0. The van der Waals surface area contributed by atoms with Gasteiger partial charge in [0.15, 0.2) is 0 Å². The summed E-state index contributed by atoms with van der Waals surface area (Å²) in [6.07, 6.45) is 13.0. The maximum absolute atomic E-state index is 3.78. The maximum atomic E-state index is 3.78. The SMILES string of the molecule is C.C1=CCC=C1.CC.CC.CC.[Y].[c-]1ccccc1.c1ccncc1. The zero-order chi connectivity index (χ0) is 18.0. The first-order valence-corrected chi connectivity index (χ1v) is 8.58.